The van der Waals surface area contributed by atoms with E-state index in [1.54, 1.807) is 38.4 Å². The zero-order valence-corrected chi connectivity index (χ0v) is 10.6. The molecule has 0 aliphatic carbocycles. The minimum absolute atomic E-state index is 0.00641. The van der Waals surface area contributed by atoms with Gasteiger partial charge in [0.2, 0.25) is 11.9 Å². The number of aromatic nitrogens is 2. The molecule has 1 amide bonds. The van der Waals surface area contributed by atoms with Gasteiger partial charge in [0.25, 0.3) is 0 Å². The molecular formula is C11H18N4O2. The normalized spacial score (nSPS) is 11.8. The number of methoxy groups -OCH3 is 1. The molecule has 94 valence electrons. The first-order chi connectivity index (χ1) is 8.08. The maximum absolute atomic E-state index is 11.8. The van der Waals surface area contributed by atoms with Crippen molar-refractivity contribution in [1.29, 1.82) is 0 Å². The van der Waals surface area contributed by atoms with E-state index < -0.39 is 0 Å². The third-order valence-electron chi connectivity index (χ3n) is 2.43. The highest BCUT2D eigenvalue weighted by atomic mass is 16.5. The summed E-state index contributed by atoms with van der Waals surface area (Å²) in [4.78, 5) is 21.5. The molecule has 1 N–H and O–H groups in total. The van der Waals surface area contributed by atoms with Gasteiger partial charge in [-0.2, -0.15) is 0 Å². The molecule has 1 aromatic heterocycles. The number of hydrogen-bond donors (Lipinski definition) is 1. The largest absolute Gasteiger partial charge is 0.494 e. The van der Waals surface area contributed by atoms with Crippen molar-refractivity contribution < 1.29 is 9.53 Å². The number of hydrogen-bond acceptors (Lipinski definition) is 5. The Labute approximate surface area is 101 Å². The van der Waals surface area contributed by atoms with Crippen LogP contribution in [-0.4, -0.2) is 47.5 Å². The predicted octanol–water partition coefficient (Wildman–Crippen LogP) is 0.764. The second-order valence-electron chi connectivity index (χ2n) is 3.66. The third-order valence-corrected chi connectivity index (χ3v) is 2.43. The molecule has 17 heavy (non-hydrogen) atoms. The average molecular weight is 238 g/mol. The van der Waals surface area contributed by atoms with Gasteiger partial charge in [0.1, 0.15) is 6.04 Å². The fraction of sp³-hybridized carbons (Fsp3) is 0.545. The van der Waals surface area contributed by atoms with Gasteiger partial charge in [0.05, 0.1) is 19.5 Å². The summed E-state index contributed by atoms with van der Waals surface area (Å²) in [6, 6.07) is -0.353. The van der Waals surface area contributed by atoms with E-state index in [2.05, 4.69) is 15.3 Å². The Morgan fingerprint density at radius 1 is 1.53 bits per heavy atom. The topological polar surface area (TPSA) is 67.4 Å². The molecule has 1 heterocycles. The van der Waals surface area contributed by atoms with Gasteiger partial charge in [0, 0.05) is 13.6 Å². The van der Waals surface area contributed by atoms with E-state index >= 15 is 0 Å². The first-order valence-corrected chi connectivity index (χ1v) is 5.46. The molecule has 1 atom stereocenters. The summed E-state index contributed by atoms with van der Waals surface area (Å²) in [7, 11) is 3.31. The lowest BCUT2D eigenvalue weighted by Gasteiger charge is -2.20. The lowest BCUT2D eigenvalue weighted by molar-refractivity contribution is -0.130. The van der Waals surface area contributed by atoms with E-state index in [9.17, 15) is 4.79 Å². The Hall–Kier alpha value is -1.85. The Bertz CT molecular complexity index is 366. The molecule has 6 nitrogen and oxygen atoms in total. The van der Waals surface area contributed by atoms with Crippen molar-refractivity contribution >= 4 is 11.9 Å². The molecule has 0 aromatic carbocycles. The molecule has 1 aromatic rings. The highest BCUT2D eigenvalue weighted by molar-refractivity contribution is 5.83. The van der Waals surface area contributed by atoms with Gasteiger partial charge >= 0.3 is 0 Å². The first kappa shape index (κ1) is 13.2. The second-order valence-corrected chi connectivity index (χ2v) is 3.66. The zero-order valence-electron chi connectivity index (χ0n) is 10.6. The van der Waals surface area contributed by atoms with E-state index in [4.69, 9.17) is 4.74 Å². The molecule has 0 radical (unpaired) electrons. The van der Waals surface area contributed by atoms with Crippen LogP contribution in [0.1, 0.15) is 13.8 Å². The fourth-order valence-corrected chi connectivity index (χ4v) is 1.24. The number of nitrogens with zero attached hydrogens (tertiary/aromatic N) is 3. The Morgan fingerprint density at radius 2 is 2.12 bits per heavy atom. The maximum atomic E-state index is 11.8. The monoisotopic (exact) mass is 238 g/mol. The van der Waals surface area contributed by atoms with Crippen molar-refractivity contribution in [3.8, 4) is 5.75 Å². The summed E-state index contributed by atoms with van der Waals surface area (Å²) in [6.45, 7) is 4.38. The SMILES string of the molecule is CCN(C)C(=O)C(C)Nc1ncc(OC)cn1. The summed E-state index contributed by atoms with van der Waals surface area (Å²) in [6.07, 6.45) is 3.10. The summed E-state index contributed by atoms with van der Waals surface area (Å²) in [5.74, 6) is 1.00. The number of carbonyl (C=O) groups is 1. The van der Waals surface area contributed by atoms with Gasteiger partial charge in [-0.25, -0.2) is 9.97 Å². The zero-order chi connectivity index (χ0) is 12.8. The molecule has 1 rings (SSSR count). The molecule has 0 aliphatic heterocycles. The average Bonchev–Trinajstić information content (AvgIpc) is 2.37. The van der Waals surface area contributed by atoms with Crippen LogP contribution in [0.5, 0.6) is 5.75 Å². The molecule has 0 saturated heterocycles. The molecule has 6 heteroatoms. The van der Waals surface area contributed by atoms with Crippen molar-refractivity contribution in [3.05, 3.63) is 12.4 Å². The van der Waals surface area contributed by atoms with E-state index in [0.29, 0.717) is 18.2 Å². The van der Waals surface area contributed by atoms with Crippen LogP contribution in [-0.2, 0) is 4.79 Å². The molecule has 0 saturated carbocycles. The van der Waals surface area contributed by atoms with Gasteiger partial charge in [-0.15, -0.1) is 0 Å². The van der Waals surface area contributed by atoms with Gasteiger partial charge in [-0.1, -0.05) is 0 Å². The van der Waals surface area contributed by atoms with Crippen molar-refractivity contribution in [2.24, 2.45) is 0 Å². The summed E-state index contributed by atoms with van der Waals surface area (Å²) >= 11 is 0. The van der Waals surface area contributed by atoms with Crippen LogP contribution < -0.4 is 10.1 Å². The first-order valence-electron chi connectivity index (χ1n) is 5.46. The van der Waals surface area contributed by atoms with E-state index in [-0.39, 0.29) is 11.9 Å². The number of likely N-dealkylation sites (N-methyl/N-ethyl adjacent to an activating group) is 1. The number of rotatable bonds is 5. The standard InChI is InChI=1S/C11H18N4O2/c1-5-15(3)10(16)8(2)14-11-12-6-9(17-4)7-13-11/h6-8H,5H2,1-4H3,(H,12,13,14). The Morgan fingerprint density at radius 3 is 2.59 bits per heavy atom. The molecule has 0 fully saturated rings. The van der Waals surface area contributed by atoms with Gasteiger partial charge in [0.15, 0.2) is 5.75 Å². The van der Waals surface area contributed by atoms with Crippen LogP contribution in [0, 0.1) is 0 Å². The van der Waals surface area contributed by atoms with Gasteiger partial charge in [-0.05, 0) is 13.8 Å². The second kappa shape index (κ2) is 6.03. The molecule has 0 bridgehead atoms. The van der Waals surface area contributed by atoms with Crippen LogP contribution >= 0.6 is 0 Å². The Kier molecular flexibility index (Phi) is 4.68. The number of amides is 1. The van der Waals surface area contributed by atoms with Gasteiger partial charge in [-0.3, -0.25) is 4.79 Å². The molecular weight excluding hydrogens is 220 g/mol. The molecule has 0 aliphatic rings. The van der Waals surface area contributed by atoms with E-state index in [0.717, 1.165) is 0 Å². The number of ether oxygens (including phenoxy) is 1. The minimum Gasteiger partial charge on any atom is -0.494 e. The molecule has 1 unspecified atom stereocenters. The quantitative estimate of drug-likeness (QED) is 0.820. The van der Waals surface area contributed by atoms with Crippen LogP contribution in [0.25, 0.3) is 0 Å². The van der Waals surface area contributed by atoms with Crippen molar-refractivity contribution in [1.82, 2.24) is 14.9 Å². The maximum Gasteiger partial charge on any atom is 0.244 e. The predicted molar refractivity (Wildman–Crippen MR) is 65.0 cm³/mol. The van der Waals surface area contributed by atoms with Crippen molar-refractivity contribution in [2.45, 2.75) is 19.9 Å². The Balaban J connectivity index is 2.61. The van der Waals surface area contributed by atoms with Crippen LogP contribution in [0.4, 0.5) is 5.95 Å². The third kappa shape index (κ3) is 3.58. The highest BCUT2D eigenvalue weighted by Gasteiger charge is 2.16. The number of carbonyl (C=O) groups excluding carboxylic acids is 1. The van der Waals surface area contributed by atoms with Crippen molar-refractivity contribution in [3.63, 3.8) is 0 Å². The van der Waals surface area contributed by atoms with Gasteiger partial charge < -0.3 is 15.0 Å². The smallest absolute Gasteiger partial charge is 0.244 e. The van der Waals surface area contributed by atoms with E-state index in [1.165, 1.54) is 0 Å². The van der Waals surface area contributed by atoms with Crippen LogP contribution in [0.2, 0.25) is 0 Å². The number of nitrogens with one attached hydrogen (secondary N) is 1. The lowest BCUT2D eigenvalue weighted by Crippen LogP contribution is -2.39. The lowest BCUT2D eigenvalue weighted by atomic mass is 10.3. The summed E-state index contributed by atoms with van der Waals surface area (Å²) in [5, 5.41) is 2.94. The van der Waals surface area contributed by atoms with Crippen LogP contribution in [0.15, 0.2) is 12.4 Å². The van der Waals surface area contributed by atoms with E-state index in [1.807, 2.05) is 6.92 Å². The summed E-state index contributed by atoms with van der Waals surface area (Å²) < 4.78 is 4.95. The van der Waals surface area contributed by atoms with Crippen molar-refractivity contribution in [2.75, 3.05) is 26.0 Å². The fourth-order valence-electron chi connectivity index (χ4n) is 1.24. The number of anilines is 1. The minimum atomic E-state index is -0.353. The summed E-state index contributed by atoms with van der Waals surface area (Å²) in [5.41, 5.74) is 0. The molecule has 0 spiro atoms. The highest BCUT2D eigenvalue weighted by Crippen LogP contribution is 2.08. The van der Waals surface area contributed by atoms with Crippen LogP contribution in [0.3, 0.4) is 0 Å².